The Morgan fingerprint density at radius 2 is 2.03 bits per heavy atom. The number of aryl methyl sites for hydroxylation is 1. The molecule has 2 aromatic heterocycles. The first-order valence-electron chi connectivity index (χ1n) is 9.78. The maximum atomic E-state index is 11.0. The molecule has 9 heteroatoms. The number of benzene rings is 2. The van der Waals surface area contributed by atoms with Crippen LogP contribution in [-0.2, 0) is 11.8 Å². The Morgan fingerprint density at radius 1 is 1.25 bits per heavy atom. The smallest absolute Gasteiger partial charge is 0.330 e. The average molecular weight is 494 g/mol. The van der Waals surface area contributed by atoms with Crippen LogP contribution in [-0.4, -0.2) is 49.8 Å². The lowest BCUT2D eigenvalue weighted by molar-refractivity contribution is -0.139. The van der Waals surface area contributed by atoms with E-state index in [0.29, 0.717) is 16.9 Å². The zero-order valence-corrected chi connectivity index (χ0v) is 18.7. The SMILES string of the molecule is Cn1nc(Nc2cccc(-c3ccccc3)c2Br)c2ncc(C=N[C@@H](CO)C(=O)O)cc21. The molecule has 0 saturated carbocycles. The van der Waals surface area contributed by atoms with E-state index in [4.69, 9.17) is 10.2 Å². The minimum absolute atomic E-state index is 0.571. The number of aliphatic imine (C=N–C) groups is 1. The van der Waals surface area contributed by atoms with E-state index in [2.05, 4.69) is 48.5 Å². The van der Waals surface area contributed by atoms with E-state index in [1.165, 1.54) is 6.21 Å². The number of fused-ring (bicyclic) bond motifs is 1. The van der Waals surface area contributed by atoms with Crippen molar-refractivity contribution in [3.05, 3.63) is 70.8 Å². The highest BCUT2D eigenvalue weighted by molar-refractivity contribution is 9.10. The summed E-state index contributed by atoms with van der Waals surface area (Å²) in [6.45, 7) is -0.571. The number of nitrogens with zero attached hydrogens (tertiary/aromatic N) is 4. The van der Waals surface area contributed by atoms with Crippen molar-refractivity contribution >= 4 is 50.7 Å². The van der Waals surface area contributed by atoms with Gasteiger partial charge in [-0.25, -0.2) is 9.78 Å². The van der Waals surface area contributed by atoms with E-state index in [1.54, 1.807) is 17.9 Å². The van der Waals surface area contributed by atoms with Gasteiger partial charge in [-0.1, -0.05) is 42.5 Å². The summed E-state index contributed by atoms with van der Waals surface area (Å²) >= 11 is 3.71. The average Bonchev–Trinajstić information content (AvgIpc) is 3.10. The quantitative estimate of drug-likeness (QED) is 0.335. The van der Waals surface area contributed by atoms with Crippen molar-refractivity contribution in [2.24, 2.45) is 12.0 Å². The van der Waals surface area contributed by atoms with E-state index in [9.17, 15) is 4.79 Å². The number of carbonyl (C=O) groups is 1. The molecule has 0 amide bonds. The first-order valence-corrected chi connectivity index (χ1v) is 10.6. The van der Waals surface area contributed by atoms with Crippen LogP contribution in [0, 0.1) is 0 Å². The summed E-state index contributed by atoms with van der Waals surface area (Å²) in [7, 11) is 1.80. The maximum absolute atomic E-state index is 11.0. The molecule has 0 spiro atoms. The fraction of sp³-hybridized carbons (Fsp3) is 0.130. The Morgan fingerprint density at radius 3 is 2.75 bits per heavy atom. The molecule has 0 aliphatic rings. The second kappa shape index (κ2) is 9.29. The first-order chi connectivity index (χ1) is 15.5. The molecular formula is C23H20BrN5O3. The van der Waals surface area contributed by atoms with E-state index < -0.39 is 18.6 Å². The van der Waals surface area contributed by atoms with Crippen LogP contribution in [0.3, 0.4) is 0 Å². The molecule has 1 atom stereocenters. The molecule has 3 N–H and O–H groups in total. The predicted molar refractivity (Wildman–Crippen MR) is 127 cm³/mol. The van der Waals surface area contributed by atoms with Crippen molar-refractivity contribution in [1.82, 2.24) is 14.8 Å². The second-order valence-electron chi connectivity index (χ2n) is 7.08. The zero-order valence-electron chi connectivity index (χ0n) is 17.1. The molecule has 0 fully saturated rings. The number of aliphatic hydroxyl groups excluding tert-OH is 1. The van der Waals surface area contributed by atoms with Crippen LogP contribution < -0.4 is 5.32 Å². The summed E-state index contributed by atoms with van der Waals surface area (Å²) in [6.07, 6.45) is 2.98. The number of aromatic nitrogens is 3. The number of halogens is 1. The van der Waals surface area contributed by atoms with Crippen LogP contribution in [0.1, 0.15) is 5.56 Å². The standard InChI is InChI=1S/C23H20BrN5O3/c1-29-19-10-14(11-25-18(13-30)23(31)32)12-26-21(19)22(28-29)27-17-9-5-8-16(20(17)24)15-6-3-2-4-7-15/h2-12,18,30H,13H2,1H3,(H,27,28)(H,31,32)/t18-/m0/s1. The van der Waals surface area contributed by atoms with Crippen molar-refractivity contribution in [2.45, 2.75) is 6.04 Å². The fourth-order valence-electron chi connectivity index (χ4n) is 3.27. The fourth-order valence-corrected chi connectivity index (χ4v) is 3.86. The normalized spacial score (nSPS) is 12.3. The van der Waals surface area contributed by atoms with Gasteiger partial charge in [-0.2, -0.15) is 5.10 Å². The van der Waals surface area contributed by atoms with Gasteiger partial charge < -0.3 is 15.5 Å². The van der Waals surface area contributed by atoms with Crippen LogP contribution in [0.2, 0.25) is 0 Å². The number of anilines is 2. The molecule has 0 saturated heterocycles. The molecule has 0 unspecified atom stereocenters. The van der Waals surface area contributed by atoms with Crippen LogP contribution in [0.4, 0.5) is 11.5 Å². The third-order valence-corrected chi connectivity index (χ3v) is 5.76. The molecule has 0 aliphatic carbocycles. The highest BCUT2D eigenvalue weighted by atomic mass is 79.9. The monoisotopic (exact) mass is 493 g/mol. The summed E-state index contributed by atoms with van der Waals surface area (Å²) in [6, 6.07) is 16.7. The van der Waals surface area contributed by atoms with Crippen LogP contribution in [0.25, 0.3) is 22.2 Å². The Bertz CT molecular complexity index is 1300. The van der Waals surface area contributed by atoms with Crippen molar-refractivity contribution < 1.29 is 15.0 Å². The molecule has 2 heterocycles. The number of aliphatic carboxylic acids is 1. The predicted octanol–water partition coefficient (Wildman–Crippen LogP) is 4.01. The lowest BCUT2D eigenvalue weighted by Crippen LogP contribution is -2.22. The summed E-state index contributed by atoms with van der Waals surface area (Å²) < 4.78 is 2.61. The number of carboxylic acids is 1. The Kier molecular flexibility index (Phi) is 6.29. The minimum Gasteiger partial charge on any atom is -0.480 e. The number of hydrogen-bond donors (Lipinski definition) is 3. The van der Waals surface area contributed by atoms with E-state index in [-0.39, 0.29) is 0 Å². The van der Waals surface area contributed by atoms with Gasteiger partial charge in [0, 0.05) is 29.5 Å². The van der Waals surface area contributed by atoms with Gasteiger partial charge in [0.25, 0.3) is 0 Å². The maximum Gasteiger partial charge on any atom is 0.330 e. The molecule has 162 valence electrons. The molecule has 4 aromatic rings. The lowest BCUT2D eigenvalue weighted by atomic mass is 10.1. The Labute approximate surface area is 192 Å². The number of aliphatic hydroxyl groups is 1. The zero-order chi connectivity index (χ0) is 22.7. The molecule has 2 aromatic carbocycles. The van der Waals surface area contributed by atoms with Crippen molar-refractivity contribution in [3.8, 4) is 11.1 Å². The molecule has 32 heavy (non-hydrogen) atoms. The van der Waals surface area contributed by atoms with Crippen LogP contribution >= 0.6 is 15.9 Å². The van der Waals surface area contributed by atoms with Gasteiger partial charge in [0.05, 0.1) is 17.8 Å². The highest BCUT2D eigenvalue weighted by Crippen LogP contribution is 2.36. The third kappa shape index (κ3) is 4.39. The van der Waals surface area contributed by atoms with E-state index >= 15 is 0 Å². The van der Waals surface area contributed by atoms with Gasteiger partial charge in [-0.05, 0) is 39.2 Å². The van der Waals surface area contributed by atoms with Gasteiger partial charge in [0.2, 0.25) is 0 Å². The highest BCUT2D eigenvalue weighted by Gasteiger charge is 2.15. The number of pyridine rings is 1. The third-order valence-electron chi connectivity index (χ3n) is 4.91. The molecule has 0 radical (unpaired) electrons. The molecule has 4 rings (SSSR count). The molecular weight excluding hydrogens is 474 g/mol. The van der Waals surface area contributed by atoms with Gasteiger partial charge in [0.15, 0.2) is 11.9 Å². The second-order valence-corrected chi connectivity index (χ2v) is 7.87. The topological polar surface area (TPSA) is 113 Å². The van der Waals surface area contributed by atoms with Gasteiger partial charge in [-0.15, -0.1) is 0 Å². The largest absolute Gasteiger partial charge is 0.480 e. The first kappa shape index (κ1) is 21.7. The number of carboxylic acid groups (broad SMARTS) is 1. The van der Waals surface area contributed by atoms with Crippen LogP contribution in [0.5, 0.6) is 0 Å². The number of rotatable bonds is 7. The van der Waals surface area contributed by atoms with Gasteiger partial charge in [0.1, 0.15) is 5.52 Å². The Hall–Kier alpha value is -3.56. The van der Waals surface area contributed by atoms with Gasteiger partial charge >= 0.3 is 5.97 Å². The van der Waals surface area contributed by atoms with Crippen molar-refractivity contribution in [3.63, 3.8) is 0 Å². The van der Waals surface area contributed by atoms with Gasteiger partial charge in [-0.3, -0.25) is 9.67 Å². The van der Waals surface area contributed by atoms with E-state index in [1.807, 2.05) is 42.5 Å². The summed E-state index contributed by atoms with van der Waals surface area (Å²) in [4.78, 5) is 19.4. The Balaban J connectivity index is 1.65. The summed E-state index contributed by atoms with van der Waals surface area (Å²) in [5, 5.41) is 26.0. The number of hydrogen-bond acceptors (Lipinski definition) is 6. The van der Waals surface area contributed by atoms with E-state index in [0.717, 1.165) is 26.8 Å². The summed E-state index contributed by atoms with van der Waals surface area (Å²) in [5.74, 6) is -0.594. The molecule has 0 aliphatic heterocycles. The molecule has 8 nitrogen and oxygen atoms in total. The lowest BCUT2D eigenvalue weighted by Gasteiger charge is -2.11. The van der Waals surface area contributed by atoms with Crippen LogP contribution in [0.15, 0.2) is 70.3 Å². The summed E-state index contributed by atoms with van der Waals surface area (Å²) in [5.41, 5.74) is 5.03. The minimum atomic E-state index is -1.20. The van der Waals surface area contributed by atoms with Crippen molar-refractivity contribution in [1.29, 1.82) is 0 Å². The number of nitrogens with one attached hydrogen (secondary N) is 1. The molecule has 0 bridgehead atoms. The van der Waals surface area contributed by atoms with Crippen molar-refractivity contribution in [2.75, 3.05) is 11.9 Å².